The van der Waals surface area contributed by atoms with Crippen LogP contribution in [-0.2, 0) is 13.6 Å². The SMILES string of the molecule is C=C(C)C(=O)OC(C)C(C)[SiH](C)O[Si](C)(C)C. The highest BCUT2D eigenvalue weighted by molar-refractivity contribution is 6.77. The van der Waals surface area contributed by atoms with E-state index < -0.39 is 17.4 Å². The smallest absolute Gasteiger partial charge is 0.333 e. The summed E-state index contributed by atoms with van der Waals surface area (Å²) in [6.07, 6.45) is -0.0998. The zero-order valence-corrected chi connectivity index (χ0v) is 14.3. The predicted molar refractivity (Wildman–Crippen MR) is 77.2 cm³/mol. The largest absolute Gasteiger partial charge is 0.459 e. The summed E-state index contributed by atoms with van der Waals surface area (Å²) in [6.45, 7) is 18.0. The van der Waals surface area contributed by atoms with Crippen LogP contribution in [0, 0.1) is 0 Å². The Kier molecular flexibility index (Phi) is 6.36. The van der Waals surface area contributed by atoms with Crippen LogP contribution in [0.1, 0.15) is 20.8 Å². The van der Waals surface area contributed by atoms with E-state index in [2.05, 4.69) is 39.7 Å². The molecule has 0 rings (SSSR count). The molecule has 0 aliphatic heterocycles. The molecule has 0 saturated heterocycles. The van der Waals surface area contributed by atoms with E-state index in [0.29, 0.717) is 11.1 Å². The standard InChI is InChI=1S/C12H26O3Si2/c1-9(2)12(13)14-10(3)11(4)16(5)15-17(6,7)8/h10-11,16H,1H2,2-8H3. The van der Waals surface area contributed by atoms with Crippen LogP contribution in [0.25, 0.3) is 0 Å². The fraction of sp³-hybridized carbons (Fsp3) is 0.750. The number of hydrogen-bond donors (Lipinski definition) is 0. The molecule has 3 unspecified atom stereocenters. The van der Waals surface area contributed by atoms with Gasteiger partial charge in [-0.2, -0.15) is 0 Å². The fourth-order valence-electron chi connectivity index (χ4n) is 1.42. The molecule has 0 N–H and O–H groups in total. The maximum absolute atomic E-state index is 11.4. The van der Waals surface area contributed by atoms with Crippen molar-refractivity contribution in [2.45, 2.75) is 58.6 Å². The molecule has 0 aromatic heterocycles. The van der Waals surface area contributed by atoms with Crippen LogP contribution in [0.4, 0.5) is 0 Å². The van der Waals surface area contributed by atoms with Gasteiger partial charge in [-0.05, 0) is 40.0 Å². The number of rotatable bonds is 6. The molecule has 3 atom stereocenters. The van der Waals surface area contributed by atoms with Crippen LogP contribution in [-0.4, -0.2) is 29.4 Å². The van der Waals surface area contributed by atoms with Crippen molar-refractivity contribution in [3.05, 3.63) is 12.2 Å². The van der Waals surface area contributed by atoms with E-state index in [1.807, 2.05) is 6.92 Å². The Morgan fingerprint density at radius 1 is 1.29 bits per heavy atom. The quantitative estimate of drug-likeness (QED) is 0.424. The van der Waals surface area contributed by atoms with Gasteiger partial charge < -0.3 is 8.85 Å². The van der Waals surface area contributed by atoms with Crippen LogP contribution < -0.4 is 0 Å². The molecule has 3 nitrogen and oxygen atoms in total. The molecule has 0 spiro atoms. The van der Waals surface area contributed by atoms with Crippen LogP contribution in [0.3, 0.4) is 0 Å². The highest BCUT2D eigenvalue weighted by atomic mass is 28.4. The summed E-state index contributed by atoms with van der Waals surface area (Å²) in [5, 5.41) is 0. The number of esters is 1. The third kappa shape index (κ3) is 6.80. The summed E-state index contributed by atoms with van der Waals surface area (Å²) in [5.74, 6) is -0.307. The molecule has 17 heavy (non-hydrogen) atoms. The minimum Gasteiger partial charge on any atom is -0.459 e. The lowest BCUT2D eigenvalue weighted by Gasteiger charge is -2.30. The van der Waals surface area contributed by atoms with Gasteiger partial charge in [0.25, 0.3) is 0 Å². The topological polar surface area (TPSA) is 35.5 Å². The lowest BCUT2D eigenvalue weighted by atomic mass is 10.3. The molecule has 0 radical (unpaired) electrons. The summed E-state index contributed by atoms with van der Waals surface area (Å²) < 4.78 is 11.5. The van der Waals surface area contributed by atoms with Gasteiger partial charge in [-0.15, -0.1) is 0 Å². The number of carbonyl (C=O) groups excluding carboxylic acids is 1. The molecule has 0 fully saturated rings. The van der Waals surface area contributed by atoms with E-state index in [0.717, 1.165) is 0 Å². The van der Waals surface area contributed by atoms with Crippen molar-refractivity contribution in [1.82, 2.24) is 0 Å². The summed E-state index contributed by atoms with van der Waals surface area (Å²) >= 11 is 0. The summed E-state index contributed by atoms with van der Waals surface area (Å²) in [4.78, 5) is 11.4. The van der Waals surface area contributed by atoms with Gasteiger partial charge in [-0.1, -0.05) is 13.5 Å². The Balaban J connectivity index is 4.34. The molecule has 0 bridgehead atoms. The molecule has 0 aliphatic carbocycles. The lowest BCUT2D eigenvalue weighted by Crippen LogP contribution is -2.38. The van der Waals surface area contributed by atoms with Crippen molar-refractivity contribution in [1.29, 1.82) is 0 Å². The molecule has 0 amide bonds. The second-order valence-corrected chi connectivity index (χ2v) is 13.3. The number of carbonyl (C=O) groups is 1. The Morgan fingerprint density at radius 2 is 1.76 bits per heavy atom. The average molecular weight is 275 g/mol. The van der Waals surface area contributed by atoms with Gasteiger partial charge in [0.15, 0.2) is 17.4 Å². The first-order valence-electron chi connectivity index (χ1n) is 6.09. The van der Waals surface area contributed by atoms with Crippen molar-refractivity contribution in [2.75, 3.05) is 0 Å². The molecule has 0 saturated carbocycles. The second-order valence-electron chi connectivity index (χ2n) is 5.69. The van der Waals surface area contributed by atoms with E-state index in [9.17, 15) is 4.79 Å². The van der Waals surface area contributed by atoms with Crippen LogP contribution in [0.5, 0.6) is 0 Å². The summed E-state index contributed by atoms with van der Waals surface area (Å²) in [7, 11) is -2.80. The van der Waals surface area contributed by atoms with Crippen molar-refractivity contribution in [3.8, 4) is 0 Å². The minimum atomic E-state index is -1.49. The molecular weight excluding hydrogens is 248 g/mol. The van der Waals surface area contributed by atoms with Crippen LogP contribution >= 0.6 is 0 Å². The van der Waals surface area contributed by atoms with Gasteiger partial charge in [0, 0.05) is 11.1 Å². The van der Waals surface area contributed by atoms with Crippen molar-refractivity contribution in [2.24, 2.45) is 0 Å². The Bertz CT molecular complexity index is 284. The molecule has 0 heterocycles. The zero-order chi connectivity index (χ0) is 13.8. The molecule has 100 valence electrons. The van der Waals surface area contributed by atoms with Gasteiger partial charge in [0.05, 0.1) is 0 Å². The van der Waals surface area contributed by atoms with Gasteiger partial charge in [-0.25, -0.2) is 4.79 Å². The van der Waals surface area contributed by atoms with E-state index in [-0.39, 0.29) is 12.1 Å². The van der Waals surface area contributed by atoms with Gasteiger partial charge >= 0.3 is 5.97 Å². The van der Waals surface area contributed by atoms with Crippen molar-refractivity contribution in [3.63, 3.8) is 0 Å². The van der Waals surface area contributed by atoms with Gasteiger partial charge in [0.2, 0.25) is 0 Å². The van der Waals surface area contributed by atoms with E-state index in [4.69, 9.17) is 8.85 Å². The third-order valence-electron chi connectivity index (χ3n) is 2.66. The predicted octanol–water partition coefficient (Wildman–Crippen LogP) is 3.09. The highest BCUT2D eigenvalue weighted by Crippen LogP contribution is 2.22. The highest BCUT2D eigenvalue weighted by Gasteiger charge is 2.28. The normalized spacial score (nSPS) is 17.1. The van der Waals surface area contributed by atoms with Crippen molar-refractivity contribution < 1.29 is 13.6 Å². The summed E-state index contributed by atoms with van der Waals surface area (Å²) in [6, 6.07) is 0. The average Bonchev–Trinajstić information content (AvgIpc) is 2.13. The minimum absolute atomic E-state index is 0.0998. The van der Waals surface area contributed by atoms with E-state index >= 15 is 0 Å². The Morgan fingerprint density at radius 3 is 2.12 bits per heavy atom. The van der Waals surface area contributed by atoms with Crippen molar-refractivity contribution >= 4 is 23.3 Å². The maximum atomic E-state index is 11.4. The monoisotopic (exact) mass is 274 g/mol. The number of hydrogen-bond acceptors (Lipinski definition) is 3. The third-order valence-corrected chi connectivity index (χ3v) is 9.00. The van der Waals surface area contributed by atoms with Crippen LogP contribution in [0.15, 0.2) is 12.2 Å². The maximum Gasteiger partial charge on any atom is 0.333 e. The first-order valence-corrected chi connectivity index (χ1v) is 11.8. The van der Waals surface area contributed by atoms with E-state index in [1.165, 1.54) is 0 Å². The first-order chi connectivity index (χ1) is 7.54. The Hall–Kier alpha value is -0.396. The molecular formula is C12H26O3Si2. The molecule has 0 aliphatic rings. The second kappa shape index (κ2) is 6.51. The molecule has 5 heteroatoms. The number of ether oxygens (including phenoxy) is 1. The fourth-order valence-corrected chi connectivity index (χ4v) is 7.59. The molecule has 0 aromatic carbocycles. The Labute approximate surface area is 108 Å². The molecule has 0 aromatic rings. The van der Waals surface area contributed by atoms with E-state index in [1.54, 1.807) is 6.92 Å². The van der Waals surface area contributed by atoms with Gasteiger partial charge in [-0.3, -0.25) is 0 Å². The van der Waals surface area contributed by atoms with Crippen LogP contribution in [0.2, 0.25) is 31.7 Å². The lowest BCUT2D eigenvalue weighted by molar-refractivity contribution is -0.143. The summed E-state index contributed by atoms with van der Waals surface area (Å²) in [5.41, 5.74) is 0.759. The van der Waals surface area contributed by atoms with Gasteiger partial charge in [0.1, 0.15) is 6.10 Å². The zero-order valence-electron chi connectivity index (χ0n) is 12.2. The first kappa shape index (κ1) is 16.6.